The molecule has 0 aliphatic rings. The van der Waals surface area contributed by atoms with Crippen molar-refractivity contribution in [2.24, 2.45) is 0 Å². The van der Waals surface area contributed by atoms with Crippen LogP contribution in [0.5, 0.6) is 0 Å². The van der Waals surface area contributed by atoms with E-state index in [1.165, 1.54) is 55.7 Å². The molecule has 1 aromatic carbocycles. The topological polar surface area (TPSA) is 0 Å². The molecule has 1 rings (SSSR count). The van der Waals surface area contributed by atoms with E-state index in [2.05, 4.69) is 179 Å². The van der Waals surface area contributed by atoms with Gasteiger partial charge in [0.15, 0.2) is 0 Å². The van der Waals surface area contributed by atoms with Crippen LogP contribution in [-0.4, -0.2) is 0 Å². The Bertz CT molecular complexity index is 1290. The second kappa shape index (κ2) is 19.4. The van der Waals surface area contributed by atoms with Gasteiger partial charge in [-0.1, -0.05) is 143 Å². The van der Waals surface area contributed by atoms with Crippen LogP contribution >= 0.6 is 0 Å². The first-order chi connectivity index (χ1) is 19.0. The fraction of sp³-hybridized carbons (Fsp3) is 0.300. The average molecular weight is 533 g/mol. The van der Waals surface area contributed by atoms with Crippen LogP contribution in [0.25, 0.3) is 6.08 Å². The van der Waals surface area contributed by atoms with E-state index in [-0.39, 0.29) is 0 Å². The second-order valence-corrected chi connectivity index (χ2v) is 11.0. The van der Waals surface area contributed by atoms with E-state index in [9.17, 15) is 0 Å². The molecule has 40 heavy (non-hydrogen) atoms. The minimum absolute atomic E-state index is 1.11. The van der Waals surface area contributed by atoms with Gasteiger partial charge >= 0.3 is 0 Å². The zero-order valence-corrected chi connectivity index (χ0v) is 26.8. The van der Waals surface area contributed by atoms with Gasteiger partial charge in [0, 0.05) is 0 Å². The second-order valence-electron chi connectivity index (χ2n) is 11.0. The first kappa shape index (κ1) is 34.4. The quantitative estimate of drug-likeness (QED) is 0.175. The minimum Gasteiger partial charge on any atom is -0.0856 e. The van der Waals surface area contributed by atoms with Crippen LogP contribution in [-0.2, 0) is 0 Å². The molecule has 0 fully saturated rings. The third-order valence-corrected chi connectivity index (χ3v) is 6.72. The van der Waals surface area contributed by atoms with Crippen LogP contribution in [0, 0.1) is 20.8 Å². The Morgan fingerprint density at radius 3 is 1.55 bits per heavy atom. The Hall–Kier alpha value is -3.64. The van der Waals surface area contributed by atoms with E-state index in [1.54, 1.807) is 0 Å². The van der Waals surface area contributed by atoms with Gasteiger partial charge in [0.05, 0.1) is 0 Å². The molecule has 1 aromatic rings. The molecular weight excluding hydrogens is 480 g/mol. The summed E-state index contributed by atoms with van der Waals surface area (Å²) in [6, 6.07) is 4.40. The fourth-order valence-corrected chi connectivity index (χ4v) is 3.76. The zero-order chi connectivity index (χ0) is 29.9. The average Bonchev–Trinajstić information content (AvgIpc) is 2.89. The molecule has 0 aromatic heterocycles. The number of allylic oxidation sites excluding steroid dienone is 21. The van der Waals surface area contributed by atoms with Gasteiger partial charge in [-0.2, -0.15) is 0 Å². The van der Waals surface area contributed by atoms with Crippen molar-refractivity contribution in [3.63, 3.8) is 0 Å². The fourth-order valence-electron chi connectivity index (χ4n) is 3.76. The van der Waals surface area contributed by atoms with Crippen molar-refractivity contribution < 1.29 is 0 Å². The molecular formula is C40H52. The largest absolute Gasteiger partial charge is 0.0856 e. The summed E-state index contributed by atoms with van der Waals surface area (Å²) in [4.78, 5) is 0. The maximum atomic E-state index is 2.30. The highest BCUT2D eigenvalue weighted by molar-refractivity contribution is 5.59. The lowest BCUT2D eigenvalue weighted by Crippen LogP contribution is -1.89. The summed E-state index contributed by atoms with van der Waals surface area (Å²) in [5, 5.41) is 0. The van der Waals surface area contributed by atoms with Crippen LogP contribution in [0.2, 0.25) is 0 Å². The van der Waals surface area contributed by atoms with E-state index in [4.69, 9.17) is 0 Å². The van der Waals surface area contributed by atoms with Gasteiger partial charge in [-0.05, 0) is 104 Å². The van der Waals surface area contributed by atoms with Crippen molar-refractivity contribution in [2.45, 2.75) is 82.1 Å². The Balaban J connectivity index is 2.58. The molecule has 0 saturated heterocycles. The van der Waals surface area contributed by atoms with Crippen molar-refractivity contribution in [3.8, 4) is 0 Å². The summed E-state index contributed by atoms with van der Waals surface area (Å²) < 4.78 is 0. The van der Waals surface area contributed by atoms with Gasteiger partial charge < -0.3 is 0 Å². The highest BCUT2D eigenvalue weighted by atomic mass is 14.1. The Kier molecular flexibility index (Phi) is 16.7. The molecule has 0 spiro atoms. The maximum absolute atomic E-state index is 2.30. The first-order valence-corrected chi connectivity index (χ1v) is 14.4. The normalized spacial score (nSPS) is 14.7. The van der Waals surface area contributed by atoms with Gasteiger partial charge in [0.1, 0.15) is 0 Å². The Morgan fingerprint density at radius 2 is 1.02 bits per heavy atom. The molecule has 212 valence electrons. The monoisotopic (exact) mass is 532 g/mol. The molecule has 0 heterocycles. The molecule has 0 saturated carbocycles. The predicted molar refractivity (Wildman–Crippen MR) is 184 cm³/mol. The van der Waals surface area contributed by atoms with Gasteiger partial charge in [-0.3, -0.25) is 0 Å². The maximum Gasteiger partial charge on any atom is -0.0224 e. The first-order valence-electron chi connectivity index (χ1n) is 14.4. The molecule has 0 amide bonds. The van der Waals surface area contributed by atoms with E-state index in [0.29, 0.717) is 0 Å². The van der Waals surface area contributed by atoms with E-state index < -0.39 is 0 Å². The molecule has 0 atom stereocenters. The number of hydrogen-bond acceptors (Lipinski definition) is 0. The van der Waals surface area contributed by atoms with Crippen LogP contribution in [0.4, 0.5) is 0 Å². The molecule has 0 radical (unpaired) electrons. The van der Waals surface area contributed by atoms with Crippen molar-refractivity contribution in [1.82, 2.24) is 0 Å². The van der Waals surface area contributed by atoms with Gasteiger partial charge in [-0.25, -0.2) is 0 Å². The van der Waals surface area contributed by atoms with E-state index in [0.717, 1.165) is 12.8 Å². The lowest BCUT2D eigenvalue weighted by Gasteiger charge is -2.07. The third kappa shape index (κ3) is 15.7. The molecule has 0 aliphatic carbocycles. The summed E-state index contributed by atoms with van der Waals surface area (Å²) in [5.74, 6) is 0. The smallest absolute Gasteiger partial charge is 0.0224 e. The Labute approximate surface area is 246 Å². The van der Waals surface area contributed by atoms with Crippen molar-refractivity contribution in [1.29, 1.82) is 0 Å². The highest BCUT2D eigenvalue weighted by Crippen LogP contribution is 2.19. The van der Waals surface area contributed by atoms with Crippen LogP contribution < -0.4 is 0 Å². The summed E-state index contributed by atoms with van der Waals surface area (Å²) in [5.41, 5.74) is 13.0. The number of hydrogen-bond donors (Lipinski definition) is 0. The van der Waals surface area contributed by atoms with Crippen LogP contribution in [0.3, 0.4) is 0 Å². The SMILES string of the molecule is CC(C)=CCCC(C)=CC=CC(C)=CC=CC(C)=CC=CC=C(C)C=CC=C(C)C=Cc1ccc(C)c(C)c1C. The standard InChI is InChI=1S/C40H52/c1-31(2)17-13-20-34(5)23-15-25-35(6)24-14-21-32(3)18-11-12-19-33(4)22-16-26-36(7)27-29-40-30-28-37(8)38(9)39(40)10/h11-12,14-19,21-30H,13,20H2,1-10H3. The third-order valence-electron chi connectivity index (χ3n) is 6.72. The van der Waals surface area contributed by atoms with Crippen molar-refractivity contribution >= 4 is 6.08 Å². The number of rotatable bonds is 13. The molecule has 0 heteroatoms. The van der Waals surface area contributed by atoms with Crippen LogP contribution in [0.1, 0.15) is 83.6 Å². The Morgan fingerprint density at radius 1 is 0.550 bits per heavy atom. The highest BCUT2D eigenvalue weighted by Gasteiger charge is 2.00. The minimum atomic E-state index is 1.11. The summed E-state index contributed by atoms with van der Waals surface area (Å²) in [6.07, 6.45) is 36.7. The van der Waals surface area contributed by atoms with Crippen molar-refractivity contribution in [2.75, 3.05) is 0 Å². The van der Waals surface area contributed by atoms with E-state index in [1.807, 2.05) is 0 Å². The summed E-state index contributed by atoms with van der Waals surface area (Å²) in [7, 11) is 0. The van der Waals surface area contributed by atoms with Crippen LogP contribution in [0.15, 0.2) is 137 Å². The molecule has 0 N–H and O–H groups in total. The predicted octanol–water partition coefficient (Wildman–Crippen LogP) is 12.3. The lowest BCUT2D eigenvalue weighted by atomic mass is 9.98. The molecule has 0 unspecified atom stereocenters. The summed E-state index contributed by atoms with van der Waals surface area (Å²) in [6.45, 7) is 21.6. The van der Waals surface area contributed by atoms with E-state index >= 15 is 0 Å². The van der Waals surface area contributed by atoms with Gasteiger partial charge in [-0.15, -0.1) is 0 Å². The number of benzene rings is 1. The zero-order valence-electron chi connectivity index (χ0n) is 26.8. The molecule has 0 nitrogen and oxygen atoms in total. The summed E-state index contributed by atoms with van der Waals surface area (Å²) >= 11 is 0. The molecule has 0 aliphatic heterocycles. The van der Waals surface area contributed by atoms with Gasteiger partial charge in [0.25, 0.3) is 0 Å². The lowest BCUT2D eigenvalue weighted by molar-refractivity contribution is 0.967. The molecule has 0 bridgehead atoms. The number of aryl methyl sites for hydroxylation is 1. The van der Waals surface area contributed by atoms with Crippen molar-refractivity contribution in [3.05, 3.63) is 159 Å². The van der Waals surface area contributed by atoms with Gasteiger partial charge in [0.2, 0.25) is 0 Å².